The zero-order valence-corrected chi connectivity index (χ0v) is 14.6. The van der Waals surface area contributed by atoms with Crippen molar-refractivity contribution in [2.75, 3.05) is 31.1 Å². The van der Waals surface area contributed by atoms with Crippen LogP contribution in [-0.2, 0) is 11.2 Å². The number of carbonyl (C=O) groups is 2. The number of nitrogens with one attached hydrogen (secondary N) is 1. The van der Waals surface area contributed by atoms with Crippen molar-refractivity contribution in [2.45, 2.75) is 12.8 Å². The van der Waals surface area contributed by atoms with E-state index in [1.165, 1.54) is 11.3 Å². The van der Waals surface area contributed by atoms with Gasteiger partial charge in [0.25, 0.3) is 11.8 Å². The van der Waals surface area contributed by atoms with Gasteiger partial charge in [-0.05, 0) is 25.1 Å². The van der Waals surface area contributed by atoms with Crippen molar-refractivity contribution in [1.29, 1.82) is 0 Å². The minimum atomic E-state index is -0.201. The van der Waals surface area contributed by atoms with E-state index in [4.69, 9.17) is 10.5 Å². The number of hydrogen-bond acceptors (Lipinski definition) is 6. The molecule has 0 fully saturated rings. The van der Waals surface area contributed by atoms with Gasteiger partial charge in [-0.1, -0.05) is 12.1 Å². The molecule has 0 aliphatic carbocycles. The van der Waals surface area contributed by atoms with Gasteiger partial charge in [-0.3, -0.25) is 9.59 Å². The number of fused-ring (bicyclic) bond motifs is 1. The Balaban J connectivity index is 1.49. The quantitative estimate of drug-likeness (QED) is 0.723. The molecule has 1 aliphatic heterocycles. The Labute approximate surface area is 149 Å². The summed E-state index contributed by atoms with van der Waals surface area (Å²) in [5.74, 6) is 0.435. The molecule has 0 saturated carbocycles. The Morgan fingerprint density at radius 3 is 3.08 bits per heavy atom. The first kappa shape index (κ1) is 17.4. The Morgan fingerprint density at radius 2 is 2.24 bits per heavy atom. The lowest BCUT2D eigenvalue weighted by molar-refractivity contribution is -0.121. The van der Waals surface area contributed by atoms with Crippen molar-refractivity contribution < 1.29 is 14.3 Å². The molecule has 0 bridgehead atoms. The minimum absolute atomic E-state index is 0.0477. The number of nitrogens with two attached hydrogens (primary N) is 1. The van der Waals surface area contributed by atoms with Gasteiger partial charge in [0.05, 0.1) is 10.7 Å². The van der Waals surface area contributed by atoms with Crippen LogP contribution in [0.25, 0.3) is 0 Å². The van der Waals surface area contributed by atoms with E-state index in [0.29, 0.717) is 43.9 Å². The van der Waals surface area contributed by atoms with E-state index in [-0.39, 0.29) is 18.4 Å². The topological polar surface area (TPSA) is 97.5 Å². The number of amides is 2. The summed E-state index contributed by atoms with van der Waals surface area (Å²) >= 11 is 1.44. The average Bonchev–Trinajstić information content (AvgIpc) is 3.09. The van der Waals surface area contributed by atoms with Crippen LogP contribution in [0.5, 0.6) is 5.75 Å². The summed E-state index contributed by atoms with van der Waals surface area (Å²) in [6, 6.07) is 7.45. The molecular weight excluding hydrogens is 340 g/mol. The molecule has 3 N–H and O–H groups in total. The molecule has 8 heteroatoms. The number of ether oxygens (including phenoxy) is 1. The lowest BCUT2D eigenvalue weighted by atomic mass is 10.2. The number of anilines is 1. The molecule has 2 aromatic rings. The highest BCUT2D eigenvalue weighted by Gasteiger charge is 2.24. The monoisotopic (exact) mass is 360 g/mol. The van der Waals surface area contributed by atoms with Crippen LogP contribution in [0.2, 0.25) is 0 Å². The molecule has 25 heavy (non-hydrogen) atoms. The highest BCUT2D eigenvalue weighted by molar-refractivity contribution is 7.09. The first-order chi connectivity index (χ1) is 12.2. The first-order valence-corrected chi connectivity index (χ1v) is 9.02. The van der Waals surface area contributed by atoms with E-state index in [0.717, 1.165) is 10.7 Å². The summed E-state index contributed by atoms with van der Waals surface area (Å²) in [7, 11) is 0. The molecule has 0 unspecified atom stereocenters. The van der Waals surface area contributed by atoms with E-state index in [9.17, 15) is 9.59 Å². The average molecular weight is 360 g/mol. The molecule has 1 aromatic carbocycles. The largest absolute Gasteiger partial charge is 0.482 e. The van der Waals surface area contributed by atoms with Crippen molar-refractivity contribution in [2.24, 2.45) is 5.73 Å². The summed E-state index contributed by atoms with van der Waals surface area (Å²) in [5, 5.41) is 5.44. The molecule has 132 valence electrons. The third-order valence-corrected chi connectivity index (χ3v) is 4.70. The van der Waals surface area contributed by atoms with Gasteiger partial charge in [0, 0.05) is 24.9 Å². The maximum absolute atomic E-state index is 12.1. The Morgan fingerprint density at radius 1 is 1.40 bits per heavy atom. The zero-order chi connectivity index (χ0) is 17.6. The minimum Gasteiger partial charge on any atom is -0.482 e. The van der Waals surface area contributed by atoms with Gasteiger partial charge in [0.2, 0.25) is 0 Å². The molecule has 0 atom stereocenters. The molecule has 1 aromatic heterocycles. The van der Waals surface area contributed by atoms with Crippen LogP contribution in [0.4, 0.5) is 5.69 Å². The summed E-state index contributed by atoms with van der Waals surface area (Å²) < 4.78 is 5.41. The van der Waals surface area contributed by atoms with Crippen LogP contribution in [0, 0.1) is 0 Å². The number of para-hydroxylation sites is 2. The summed E-state index contributed by atoms with van der Waals surface area (Å²) in [6.45, 7) is 1.56. The van der Waals surface area contributed by atoms with E-state index in [2.05, 4.69) is 10.3 Å². The van der Waals surface area contributed by atoms with Crippen molar-refractivity contribution in [1.82, 2.24) is 10.3 Å². The van der Waals surface area contributed by atoms with Gasteiger partial charge in [-0.2, -0.15) is 0 Å². The number of thiazole rings is 1. The fraction of sp³-hybridized carbons (Fsp3) is 0.353. The maximum Gasteiger partial charge on any atom is 0.270 e. The zero-order valence-electron chi connectivity index (χ0n) is 13.7. The predicted octanol–water partition coefficient (Wildman–Crippen LogP) is 1.19. The molecule has 0 radical (unpaired) electrons. The fourth-order valence-electron chi connectivity index (χ4n) is 2.58. The molecule has 2 amide bonds. The standard InChI is InChI=1S/C17H20N4O3S/c18-7-6-15-20-12(11-25-15)17(23)19-8-3-9-21-13-4-1-2-5-14(13)24-10-16(21)22/h1-2,4-5,11H,3,6-10,18H2,(H,19,23). The molecule has 2 heterocycles. The van der Waals surface area contributed by atoms with Gasteiger partial charge >= 0.3 is 0 Å². The van der Waals surface area contributed by atoms with Gasteiger partial charge in [0.1, 0.15) is 11.4 Å². The Bertz CT molecular complexity index is 762. The molecule has 3 rings (SSSR count). The first-order valence-electron chi connectivity index (χ1n) is 8.14. The normalized spacial score (nSPS) is 13.3. The van der Waals surface area contributed by atoms with E-state index in [1.54, 1.807) is 10.3 Å². The highest BCUT2D eigenvalue weighted by atomic mass is 32.1. The smallest absolute Gasteiger partial charge is 0.270 e. The number of benzene rings is 1. The Kier molecular flexibility index (Phi) is 5.62. The number of carbonyl (C=O) groups excluding carboxylic acids is 2. The van der Waals surface area contributed by atoms with E-state index in [1.807, 2.05) is 24.3 Å². The molecular formula is C17H20N4O3S. The number of aromatic nitrogens is 1. The van der Waals surface area contributed by atoms with Crippen LogP contribution >= 0.6 is 11.3 Å². The number of nitrogens with zero attached hydrogens (tertiary/aromatic N) is 2. The van der Waals surface area contributed by atoms with Crippen molar-refractivity contribution in [3.05, 3.63) is 40.3 Å². The summed E-state index contributed by atoms with van der Waals surface area (Å²) in [6.07, 6.45) is 1.32. The van der Waals surface area contributed by atoms with E-state index < -0.39 is 0 Å². The van der Waals surface area contributed by atoms with Gasteiger partial charge in [-0.15, -0.1) is 11.3 Å². The van der Waals surface area contributed by atoms with E-state index >= 15 is 0 Å². The third kappa shape index (κ3) is 4.15. The van der Waals surface area contributed by atoms with Crippen LogP contribution in [0.15, 0.2) is 29.6 Å². The predicted molar refractivity (Wildman–Crippen MR) is 96.1 cm³/mol. The van der Waals surface area contributed by atoms with Gasteiger partial charge < -0.3 is 20.7 Å². The number of hydrogen-bond donors (Lipinski definition) is 2. The third-order valence-electron chi connectivity index (χ3n) is 3.79. The van der Waals surface area contributed by atoms with Gasteiger partial charge in [0.15, 0.2) is 6.61 Å². The lowest BCUT2D eigenvalue weighted by Gasteiger charge is -2.29. The number of rotatable bonds is 7. The van der Waals surface area contributed by atoms with Crippen LogP contribution in [0.1, 0.15) is 21.9 Å². The molecule has 0 saturated heterocycles. The maximum atomic E-state index is 12.1. The molecule has 0 spiro atoms. The van der Waals surface area contributed by atoms with Crippen LogP contribution in [-0.4, -0.2) is 43.0 Å². The van der Waals surface area contributed by atoms with Crippen molar-refractivity contribution in [3.8, 4) is 5.75 Å². The van der Waals surface area contributed by atoms with Crippen LogP contribution in [0.3, 0.4) is 0 Å². The SMILES string of the molecule is NCCc1nc(C(=O)NCCCN2C(=O)COc3ccccc32)cs1. The summed E-state index contributed by atoms with van der Waals surface area (Å²) in [5.41, 5.74) is 6.68. The van der Waals surface area contributed by atoms with Crippen molar-refractivity contribution in [3.63, 3.8) is 0 Å². The second-order valence-electron chi connectivity index (χ2n) is 5.58. The lowest BCUT2D eigenvalue weighted by Crippen LogP contribution is -2.40. The van der Waals surface area contributed by atoms with Gasteiger partial charge in [-0.25, -0.2) is 4.98 Å². The van der Waals surface area contributed by atoms with Crippen LogP contribution < -0.4 is 20.7 Å². The van der Waals surface area contributed by atoms with Crippen molar-refractivity contribution >= 4 is 28.8 Å². The second-order valence-corrected chi connectivity index (χ2v) is 6.52. The molecule has 7 nitrogen and oxygen atoms in total. The molecule has 1 aliphatic rings. The highest BCUT2D eigenvalue weighted by Crippen LogP contribution is 2.31. The fourth-order valence-corrected chi connectivity index (χ4v) is 3.38. The Hall–Kier alpha value is -2.45. The summed E-state index contributed by atoms with van der Waals surface area (Å²) in [4.78, 5) is 30.1. The second kappa shape index (κ2) is 8.09.